The molecule has 1 amide bonds. The molecule has 3 rings (SSSR count). The maximum Gasteiger partial charge on any atom is 0.250 e. The molecule has 0 radical (unpaired) electrons. The summed E-state index contributed by atoms with van der Waals surface area (Å²) in [7, 11) is 1.96. The number of primary amides is 1. The Morgan fingerprint density at radius 3 is 2.65 bits per heavy atom. The first-order chi connectivity index (χ1) is 11.1. The van der Waals surface area contributed by atoms with Crippen LogP contribution in [0.5, 0.6) is 0 Å². The summed E-state index contributed by atoms with van der Waals surface area (Å²) in [6.45, 7) is 2.15. The van der Waals surface area contributed by atoms with Crippen LogP contribution in [0, 0.1) is 0 Å². The quantitative estimate of drug-likeness (QED) is 0.759. The third-order valence-electron chi connectivity index (χ3n) is 4.04. The van der Waals surface area contributed by atoms with E-state index in [4.69, 9.17) is 5.73 Å². The van der Waals surface area contributed by atoms with Gasteiger partial charge in [-0.15, -0.1) is 0 Å². The van der Waals surface area contributed by atoms with Crippen LogP contribution in [0.15, 0.2) is 48.7 Å². The Kier molecular flexibility index (Phi) is 4.12. The Morgan fingerprint density at radius 2 is 2.00 bits per heavy atom. The maximum absolute atomic E-state index is 11.5. The first-order valence-electron chi connectivity index (χ1n) is 7.63. The molecule has 2 aromatic carbocycles. The number of carbonyl (C=O) groups excluding carboxylic acids is 1. The van der Waals surface area contributed by atoms with Crippen LogP contribution < -0.4 is 11.1 Å². The molecular weight excluding hydrogens is 288 g/mol. The van der Waals surface area contributed by atoms with Crippen molar-refractivity contribution in [2.45, 2.75) is 19.4 Å². The molecule has 0 bridgehead atoms. The molecule has 0 saturated carbocycles. The van der Waals surface area contributed by atoms with E-state index in [-0.39, 0.29) is 0 Å². The van der Waals surface area contributed by atoms with Crippen molar-refractivity contribution in [2.75, 3.05) is 7.05 Å². The highest BCUT2D eigenvalue weighted by atomic mass is 16.1. The van der Waals surface area contributed by atoms with Crippen molar-refractivity contribution in [3.05, 3.63) is 59.8 Å². The summed E-state index contributed by atoms with van der Waals surface area (Å²) >= 11 is 0. The summed E-state index contributed by atoms with van der Waals surface area (Å²) in [6.07, 6.45) is 2.89. The van der Waals surface area contributed by atoms with Crippen LogP contribution in [0.4, 0.5) is 0 Å². The second-order valence-electron chi connectivity index (χ2n) is 5.74. The smallest absolute Gasteiger partial charge is 0.250 e. The van der Waals surface area contributed by atoms with Gasteiger partial charge in [0.25, 0.3) is 5.91 Å². The minimum atomic E-state index is -0.461. The highest BCUT2D eigenvalue weighted by Gasteiger charge is 2.11. The Labute approximate surface area is 135 Å². The molecule has 0 saturated heterocycles. The minimum Gasteiger partial charge on any atom is -0.366 e. The molecule has 0 fully saturated rings. The first-order valence-corrected chi connectivity index (χ1v) is 7.63. The summed E-state index contributed by atoms with van der Waals surface area (Å²) in [5.74, 6) is -0.461. The molecule has 0 aliphatic heterocycles. The molecule has 3 N–H and O–H groups in total. The highest BCUT2D eigenvalue weighted by Crippen LogP contribution is 2.19. The fourth-order valence-electron chi connectivity index (χ4n) is 2.62. The number of hydrogen-bond acceptors (Lipinski definition) is 3. The lowest BCUT2D eigenvalue weighted by Gasteiger charge is -2.10. The largest absolute Gasteiger partial charge is 0.366 e. The first kappa shape index (κ1) is 15.2. The normalized spacial score (nSPS) is 12.4. The van der Waals surface area contributed by atoms with Gasteiger partial charge in [-0.1, -0.05) is 24.3 Å². The van der Waals surface area contributed by atoms with Gasteiger partial charge in [0, 0.05) is 17.6 Å². The van der Waals surface area contributed by atoms with Crippen molar-refractivity contribution in [3.63, 3.8) is 0 Å². The second-order valence-corrected chi connectivity index (χ2v) is 5.74. The maximum atomic E-state index is 11.5. The van der Waals surface area contributed by atoms with E-state index in [9.17, 15) is 4.79 Å². The van der Waals surface area contributed by atoms with Gasteiger partial charge in [-0.3, -0.25) is 4.79 Å². The van der Waals surface area contributed by atoms with Gasteiger partial charge in [0.1, 0.15) is 5.52 Å². The number of carbonyl (C=O) groups is 1. The summed E-state index contributed by atoms with van der Waals surface area (Å²) in [5, 5.41) is 8.64. The van der Waals surface area contributed by atoms with Crippen LogP contribution >= 0.6 is 0 Å². The number of likely N-dealkylation sites (N-methyl/N-ethyl adjacent to an activating group) is 1. The van der Waals surface area contributed by atoms with Gasteiger partial charge in [0.05, 0.1) is 11.3 Å². The van der Waals surface area contributed by atoms with E-state index in [2.05, 4.69) is 29.5 Å². The van der Waals surface area contributed by atoms with Crippen LogP contribution in [-0.2, 0) is 6.42 Å². The van der Waals surface area contributed by atoms with E-state index >= 15 is 0 Å². The number of amides is 1. The van der Waals surface area contributed by atoms with E-state index in [0.717, 1.165) is 17.5 Å². The second kappa shape index (κ2) is 6.22. The van der Waals surface area contributed by atoms with E-state index < -0.39 is 5.91 Å². The van der Waals surface area contributed by atoms with Gasteiger partial charge in [-0.2, -0.15) is 5.10 Å². The molecule has 0 spiro atoms. The molecule has 5 nitrogen and oxygen atoms in total. The predicted molar refractivity (Wildman–Crippen MR) is 91.8 cm³/mol. The average Bonchev–Trinajstić information content (AvgIpc) is 2.99. The van der Waals surface area contributed by atoms with Crippen molar-refractivity contribution in [1.82, 2.24) is 15.1 Å². The van der Waals surface area contributed by atoms with Gasteiger partial charge in [-0.05, 0) is 44.2 Å². The van der Waals surface area contributed by atoms with E-state index in [0.29, 0.717) is 17.1 Å². The zero-order valence-corrected chi connectivity index (χ0v) is 13.3. The number of rotatable bonds is 5. The standard InChI is InChI=1S/C18H20N4O/c1-12(20-2)10-13-6-8-15(9-7-13)22-11-14-4-3-5-16(18(19)23)17(14)21-22/h3-9,11-12,20H,10H2,1-2H3,(H2,19,23). The van der Waals surface area contributed by atoms with E-state index in [1.807, 2.05) is 37.5 Å². The van der Waals surface area contributed by atoms with Crippen molar-refractivity contribution < 1.29 is 4.79 Å². The molecule has 1 heterocycles. The molecule has 118 valence electrons. The van der Waals surface area contributed by atoms with Crippen LogP contribution in [0.25, 0.3) is 16.6 Å². The summed E-state index contributed by atoms with van der Waals surface area (Å²) in [5.41, 5.74) is 8.72. The monoisotopic (exact) mass is 308 g/mol. The lowest BCUT2D eigenvalue weighted by atomic mass is 10.1. The zero-order valence-electron chi connectivity index (χ0n) is 13.3. The Bertz CT molecular complexity index is 836. The number of nitrogens with one attached hydrogen (secondary N) is 1. The van der Waals surface area contributed by atoms with E-state index in [1.54, 1.807) is 10.7 Å². The number of nitrogens with two attached hydrogens (primary N) is 1. The van der Waals surface area contributed by atoms with Gasteiger partial charge >= 0.3 is 0 Å². The Hall–Kier alpha value is -2.66. The molecule has 3 aromatic rings. The number of aromatic nitrogens is 2. The Balaban J connectivity index is 1.94. The topological polar surface area (TPSA) is 72.9 Å². The van der Waals surface area contributed by atoms with Crippen LogP contribution in [0.3, 0.4) is 0 Å². The fourth-order valence-corrected chi connectivity index (χ4v) is 2.62. The summed E-state index contributed by atoms with van der Waals surface area (Å²) in [6, 6.07) is 14.1. The summed E-state index contributed by atoms with van der Waals surface area (Å²) < 4.78 is 1.78. The molecule has 1 atom stereocenters. The number of fused-ring (bicyclic) bond motifs is 1. The third-order valence-corrected chi connectivity index (χ3v) is 4.04. The van der Waals surface area contributed by atoms with Gasteiger partial charge in [0.2, 0.25) is 0 Å². The third kappa shape index (κ3) is 3.10. The van der Waals surface area contributed by atoms with Crippen LogP contribution in [0.2, 0.25) is 0 Å². The number of benzene rings is 2. The summed E-state index contributed by atoms with van der Waals surface area (Å²) in [4.78, 5) is 11.5. The van der Waals surface area contributed by atoms with Crippen molar-refractivity contribution in [2.24, 2.45) is 5.73 Å². The molecular formula is C18H20N4O. The molecule has 1 aromatic heterocycles. The van der Waals surface area contributed by atoms with Crippen LogP contribution in [-0.4, -0.2) is 28.8 Å². The average molecular weight is 308 g/mol. The van der Waals surface area contributed by atoms with Gasteiger partial charge < -0.3 is 11.1 Å². The van der Waals surface area contributed by atoms with Gasteiger partial charge in [-0.25, -0.2) is 4.68 Å². The molecule has 23 heavy (non-hydrogen) atoms. The van der Waals surface area contributed by atoms with Crippen LogP contribution in [0.1, 0.15) is 22.8 Å². The van der Waals surface area contributed by atoms with Gasteiger partial charge in [0.15, 0.2) is 0 Å². The van der Waals surface area contributed by atoms with Crippen molar-refractivity contribution in [1.29, 1.82) is 0 Å². The van der Waals surface area contributed by atoms with Crippen molar-refractivity contribution >= 4 is 16.8 Å². The lowest BCUT2D eigenvalue weighted by molar-refractivity contribution is 0.100. The molecule has 0 aliphatic rings. The molecule has 1 unspecified atom stereocenters. The minimum absolute atomic E-state index is 0.436. The zero-order chi connectivity index (χ0) is 16.4. The SMILES string of the molecule is CNC(C)Cc1ccc(-n2cc3cccc(C(N)=O)c3n2)cc1. The number of nitrogens with zero attached hydrogens (tertiary/aromatic N) is 2. The molecule has 5 heteroatoms. The predicted octanol–water partition coefficient (Wildman–Crippen LogP) is 2.27. The van der Waals surface area contributed by atoms with Crippen molar-refractivity contribution in [3.8, 4) is 5.69 Å². The Morgan fingerprint density at radius 1 is 1.26 bits per heavy atom. The fraction of sp³-hybridized carbons (Fsp3) is 0.222. The lowest BCUT2D eigenvalue weighted by Crippen LogP contribution is -2.23. The molecule has 0 aliphatic carbocycles. The number of hydrogen-bond donors (Lipinski definition) is 2. The van der Waals surface area contributed by atoms with E-state index in [1.165, 1.54) is 5.56 Å². The highest BCUT2D eigenvalue weighted by molar-refractivity contribution is 6.04.